The SMILES string of the molecule is CCC(Nc1c(C)cccc1F)c1cccc([N+](=O)[O-])c1. The van der Waals surface area contributed by atoms with Gasteiger partial charge in [0.25, 0.3) is 5.69 Å². The molecule has 0 aromatic heterocycles. The van der Waals surface area contributed by atoms with E-state index in [2.05, 4.69) is 5.32 Å². The van der Waals surface area contributed by atoms with Crippen molar-refractivity contribution in [1.82, 2.24) is 0 Å². The zero-order valence-corrected chi connectivity index (χ0v) is 12.0. The molecule has 4 nitrogen and oxygen atoms in total. The monoisotopic (exact) mass is 288 g/mol. The van der Waals surface area contributed by atoms with E-state index in [0.29, 0.717) is 12.1 Å². The van der Waals surface area contributed by atoms with E-state index in [9.17, 15) is 14.5 Å². The van der Waals surface area contributed by atoms with E-state index in [1.165, 1.54) is 18.2 Å². The average molecular weight is 288 g/mol. The maximum Gasteiger partial charge on any atom is 0.269 e. The summed E-state index contributed by atoms with van der Waals surface area (Å²) in [6.07, 6.45) is 0.689. The van der Waals surface area contributed by atoms with E-state index < -0.39 is 4.92 Å². The number of non-ortho nitro benzene ring substituents is 1. The maximum absolute atomic E-state index is 13.9. The molecule has 0 saturated carbocycles. The Morgan fingerprint density at radius 1 is 1.29 bits per heavy atom. The second-order valence-corrected chi connectivity index (χ2v) is 4.89. The van der Waals surface area contributed by atoms with Gasteiger partial charge in [0.2, 0.25) is 0 Å². The second-order valence-electron chi connectivity index (χ2n) is 4.89. The normalized spacial score (nSPS) is 12.0. The van der Waals surface area contributed by atoms with Gasteiger partial charge in [-0.15, -0.1) is 0 Å². The third-order valence-electron chi connectivity index (χ3n) is 3.43. The van der Waals surface area contributed by atoms with Crippen LogP contribution in [0.4, 0.5) is 15.8 Å². The predicted octanol–water partition coefficient (Wildman–Crippen LogP) is 4.61. The van der Waals surface area contributed by atoms with Crippen molar-refractivity contribution < 1.29 is 9.31 Å². The molecule has 0 amide bonds. The van der Waals surface area contributed by atoms with Crippen LogP contribution in [0.1, 0.15) is 30.5 Å². The van der Waals surface area contributed by atoms with Crippen LogP contribution < -0.4 is 5.32 Å². The van der Waals surface area contributed by atoms with Crippen LogP contribution in [0, 0.1) is 22.9 Å². The number of hydrogen-bond donors (Lipinski definition) is 1. The Morgan fingerprint density at radius 2 is 2.00 bits per heavy atom. The number of halogens is 1. The van der Waals surface area contributed by atoms with Crippen molar-refractivity contribution in [2.45, 2.75) is 26.3 Å². The second kappa shape index (κ2) is 6.35. The summed E-state index contributed by atoms with van der Waals surface area (Å²) in [7, 11) is 0. The molecule has 0 fully saturated rings. The Hall–Kier alpha value is -2.43. The lowest BCUT2D eigenvalue weighted by Crippen LogP contribution is -2.12. The Bertz CT molecular complexity index is 638. The first kappa shape index (κ1) is 15.0. The van der Waals surface area contributed by atoms with E-state index in [1.807, 2.05) is 26.0 Å². The first-order chi connectivity index (χ1) is 10.0. The zero-order chi connectivity index (χ0) is 15.4. The Morgan fingerprint density at radius 3 is 2.62 bits per heavy atom. The van der Waals surface area contributed by atoms with Gasteiger partial charge in [-0.25, -0.2) is 4.39 Å². The van der Waals surface area contributed by atoms with E-state index >= 15 is 0 Å². The van der Waals surface area contributed by atoms with Crippen molar-refractivity contribution in [1.29, 1.82) is 0 Å². The smallest absolute Gasteiger partial charge is 0.269 e. The molecule has 110 valence electrons. The minimum Gasteiger partial charge on any atom is -0.376 e. The van der Waals surface area contributed by atoms with Gasteiger partial charge < -0.3 is 5.32 Å². The molecule has 0 spiro atoms. The molecule has 2 rings (SSSR count). The van der Waals surface area contributed by atoms with Crippen LogP contribution in [0.25, 0.3) is 0 Å². The van der Waals surface area contributed by atoms with E-state index in [4.69, 9.17) is 0 Å². The van der Waals surface area contributed by atoms with Gasteiger partial charge in [0.05, 0.1) is 16.7 Å². The quantitative estimate of drug-likeness (QED) is 0.646. The van der Waals surface area contributed by atoms with Crippen LogP contribution in [-0.4, -0.2) is 4.92 Å². The zero-order valence-electron chi connectivity index (χ0n) is 12.0. The summed E-state index contributed by atoms with van der Waals surface area (Å²) < 4.78 is 13.9. The molecule has 1 N–H and O–H groups in total. The number of anilines is 1. The molecular weight excluding hydrogens is 271 g/mol. The van der Waals surface area contributed by atoms with Gasteiger partial charge in [-0.05, 0) is 30.5 Å². The first-order valence-corrected chi connectivity index (χ1v) is 6.79. The topological polar surface area (TPSA) is 55.2 Å². The molecule has 1 atom stereocenters. The molecule has 21 heavy (non-hydrogen) atoms. The summed E-state index contributed by atoms with van der Waals surface area (Å²) in [4.78, 5) is 10.4. The van der Waals surface area contributed by atoms with Gasteiger partial charge in [-0.1, -0.05) is 31.2 Å². The number of nitro benzene ring substituents is 1. The number of nitrogens with zero attached hydrogens (tertiary/aromatic N) is 1. The highest BCUT2D eigenvalue weighted by molar-refractivity contribution is 5.53. The number of benzene rings is 2. The maximum atomic E-state index is 13.9. The summed E-state index contributed by atoms with van der Waals surface area (Å²) in [5.74, 6) is -0.320. The van der Waals surface area contributed by atoms with Gasteiger partial charge >= 0.3 is 0 Å². The van der Waals surface area contributed by atoms with Crippen LogP contribution in [-0.2, 0) is 0 Å². The standard InChI is InChI=1S/C16H17FN2O2/c1-3-15(12-7-5-8-13(10-12)19(20)21)18-16-11(2)6-4-9-14(16)17/h4-10,15,18H,3H2,1-2H3. The molecule has 0 aliphatic rings. The molecule has 0 heterocycles. The summed E-state index contributed by atoms with van der Waals surface area (Å²) in [5.41, 5.74) is 2.06. The van der Waals surface area contributed by atoms with Crippen LogP contribution in [0.2, 0.25) is 0 Å². The summed E-state index contributed by atoms with van der Waals surface area (Å²) in [5, 5.41) is 14.0. The van der Waals surface area contributed by atoms with Gasteiger partial charge in [-0.2, -0.15) is 0 Å². The van der Waals surface area contributed by atoms with Crippen molar-refractivity contribution >= 4 is 11.4 Å². The molecule has 0 saturated heterocycles. The first-order valence-electron chi connectivity index (χ1n) is 6.79. The molecule has 0 aliphatic heterocycles. The highest BCUT2D eigenvalue weighted by Gasteiger charge is 2.15. The fraction of sp³-hybridized carbons (Fsp3) is 0.250. The predicted molar refractivity (Wildman–Crippen MR) is 80.9 cm³/mol. The molecular formula is C16H17FN2O2. The van der Waals surface area contributed by atoms with Crippen molar-refractivity contribution in [3.63, 3.8) is 0 Å². The third kappa shape index (κ3) is 3.37. The molecule has 0 aliphatic carbocycles. The van der Waals surface area contributed by atoms with Crippen molar-refractivity contribution in [3.05, 3.63) is 69.5 Å². The van der Waals surface area contributed by atoms with Gasteiger partial charge in [-0.3, -0.25) is 10.1 Å². The third-order valence-corrected chi connectivity index (χ3v) is 3.43. The Balaban J connectivity index is 2.32. The highest BCUT2D eigenvalue weighted by Crippen LogP contribution is 2.28. The fourth-order valence-corrected chi connectivity index (χ4v) is 2.27. The van der Waals surface area contributed by atoms with E-state index in [-0.39, 0.29) is 17.5 Å². The van der Waals surface area contributed by atoms with Gasteiger partial charge in [0.15, 0.2) is 0 Å². The number of nitrogens with one attached hydrogen (secondary N) is 1. The lowest BCUT2D eigenvalue weighted by Gasteiger charge is -2.20. The number of aryl methyl sites for hydroxylation is 1. The Kier molecular flexibility index (Phi) is 4.52. The van der Waals surface area contributed by atoms with Crippen molar-refractivity contribution in [2.75, 3.05) is 5.32 Å². The summed E-state index contributed by atoms with van der Waals surface area (Å²) in [6.45, 7) is 3.78. The molecule has 1 unspecified atom stereocenters. The van der Waals surface area contributed by atoms with Gasteiger partial charge in [0, 0.05) is 12.1 Å². The van der Waals surface area contributed by atoms with Crippen LogP contribution >= 0.6 is 0 Å². The summed E-state index contributed by atoms with van der Waals surface area (Å²) in [6, 6.07) is 11.1. The molecule has 0 radical (unpaired) electrons. The number of hydrogen-bond acceptors (Lipinski definition) is 3. The lowest BCUT2D eigenvalue weighted by molar-refractivity contribution is -0.384. The van der Waals surface area contributed by atoms with Gasteiger partial charge in [0.1, 0.15) is 5.82 Å². The van der Waals surface area contributed by atoms with Crippen LogP contribution in [0.15, 0.2) is 42.5 Å². The molecule has 5 heteroatoms. The van der Waals surface area contributed by atoms with Crippen molar-refractivity contribution in [2.24, 2.45) is 0 Å². The average Bonchev–Trinajstić information content (AvgIpc) is 2.47. The van der Waals surface area contributed by atoms with E-state index in [1.54, 1.807) is 12.1 Å². The van der Waals surface area contributed by atoms with Crippen LogP contribution in [0.5, 0.6) is 0 Å². The highest BCUT2D eigenvalue weighted by atomic mass is 19.1. The molecule has 2 aromatic carbocycles. The summed E-state index contributed by atoms with van der Waals surface area (Å²) >= 11 is 0. The lowest BCUT2D eigenvalue weighted by atomic mass is 10.0. The number of rotatable bonds is 5. The minimum absolute atomic E-state index is 0.0398. The van der Waals surface area contributed by atoms with E-state index in [0.717, 1.165) is 11.1 Å². The molecule has 2 aromatic rings. The van der Waals surface area contributed by atoms with Crippen LogP contribution in [0.3, 0.4) is 0 Å². The number of para-hydroxylation sites is 1. The van der Waals surface area contributed by atoms with Crippen molar-refractivity contribution in [3.8, 4) is 0 Å². The minimum atomic E-state index is -0.426. The fourth-order valence-electron chi connectivity index (χ4n) is 2.27. The molecule has 0 bridgehead atoms. The number of nitro groups is 1. The Labute approximate surface area is 122 Å². The largest absolute Gasteiger partial charge is 0.376 e.